The van der Waals surface area contributed by atoms with Crippen LogP contribution in [0.15, 0.2) is 29.8 Å². The highest BCUT2D eigenvalue weighted by Gasteiger charge is 2.17. The number of hydrogen-bond acceptors (Lipinski definition) is 3. The molecule has 21 heavy (non-hydrogen) atoms. The number of nitrogens with zero attached hydrogens (tertiary/aromatic N) is 2. The molecule has 2 rings (SSSR count). The molecule has 0 aliphatic carbocycles. The molecular formula is C16H22ClN3O. The van der Waals surface area contributed by atoms with Crippen LogP contribution in [0.25, 0.3) is 0 Å². The van der Waals surface area contributed by atoms with Crippen LogP contribution in [0.1, 0.15) is 13.8 Å². The molecule has 1 aliphatic heterocycles. The fraction of sp³-hybridized carbons (Fsp3) is 0.438. The standard InChI is InChI=1S/C16H22ClN3O/c1-12(2)10-16(21)18-14-11-13(17)4-5-15(14)20-8-6-19(3)7-9-20/h4-5,10-11H,6-9H2,1-3H3,(H,18,21). The predicted molar refractivity (Wildman–Crippen MR) is 89.2 cm³/mol. The van der Waals surface area contributed by atoms with E-state index in [2.05, 4.69) is 22.2 Å². The van der Waals surface area contributed by atoms with Crippen molar-refractivity contribution < 1.29 is 4.79 Å². The maximum absolute atomic E-state index is 12.0. The third-order valence-electron chi connectivity index (χ3n) is 3.48. The average molecular weight is 308 g/mol. The van der Waals surface area contributed by atoms with Crippen LogP contribution in [0, 0.1) is 0 Å². The van der Waals surface area contributed by atoms with Crippen molar-refractivity contribution in [2.75, 3.05) is 43.4 Å². The zero-order valence-electron chi connectivity index (χ0n) is 12.8. The number of piperazine rings is 1. The van der Waals surface area contributed by atoms with Crippen LogP contribution in [-0.2, 0) is 4.79 Å². The van der Waals surface area contributed by atoms with Crippen LogP contribution in [0.3, 0.4) is 0 Å². The fourth-order valence-corrected chi connectivity index (χ4v) is 2.53. The van der Waals surface area contributed by atoms with E-state index < -0.39 is 0 Å². The van der Waals surface area contributed by atoms with Crippen molar-refractivity contribution in [2.24, 2.45) is 0 Å². The minimum atomic E-state index is -0.118. The summed E-state index contributed by atoms with van der Waals surface area (Å²) < 4.78 is 0. The molecule has 1 fully saturated rings. The quantitative estimate of drug-likeness (QED) is 0.872. The van der Waals surface area contributed by atoms with E-state index in [0.717, 1.165) is 43.1 Å². The summed E-state index contributed by atoms with van der Waals surface area (Å²) in [6.45, 7) is 7.74. The molecule has 1 aromatic carbocycles. The highest BCUT2D eigenvalue weighted by molar-refractivity contribution is 6.31. The maximum atomic E-state index is 12.0. The Hall–Kier alpha value is -1.52. The van der Waals surface area contributed by atoms with E-state index in [4.69, 9.17) is 11.6 Å². The topological polar surface area (TPSA) is 35.6 Å². The van der Waals surface area contributed by atoms with Gasteiger partial charge in [-0.15, -0.1) is 0 Å². The molecule has 1 aromatic rings. The lowest BCUT2D eigenvalue weighted by Gasteiger charge is -2.35. The van der Waals surface area contributed by atoms with E-state index in [1.165, 1.54) is 0 Å². The lowest BCUT2D eigenvalue weighted by molar-refractivity contribution is -0.111. The van der Waals surface area contributed by atoms with Gasteiger partial charge in [-0.25, -0.2) is 0 Å². The molecule has 0 radical (unpaired) electrons. The van der Waals surface area contributed by atoms with Gasteiger partial charge >= 0.3 is 0 Å². The van der Waals surface area contributed by atoms with Gasteiger partial charge in [0.15, 0.2) is 0 Å². The second-order valence-electron chi connectivity index (χ2n) is 5.66. The zero-order valence-corrected chi connectivity index (χ0v) is 13.6. The molecule has 0 aromatic heterocycles. The Bertz CT molecular complexity index is 544. The van der Waals surface area contributed by atoms with E-state index in [1.807, 2.05) is 32.0 Å². The molecule has 114 valence electrons. The Labute approximate surface area is 131 Å². The second-order valence-corrected chi connectivity index (χ2v) is 6.10. The Morgan fingerprint density at radius 3 is 2.52 bits per heavy atom. The first-order valence-corrected chi connectivity index (χ1v) is 7.52. The number of rotatable bonds is 3. The van der Waals surface area contributed by atoms with Crippen LogP contribution >= 0.6 is 11.6 Å². The van der Waals surface area contributed by atoms with E-state index in [1.54, 1.807) is 6.08 Å². The SMILES string of the molecule is CC(C)=CC(=O)Nc1cc(Cl)ccc1N1CCN(C)CC1. The summed E-state index contributed by atoms with van der Waals surface area (Å²) in [6, 6.07) is 5.66. The van der Waals surface area contributed by atoms with Crippen LogP contribution in [0.5, 0.6) is 0 Å². The largest absolute Gasteiger partial charge is 0.367 e. The molecule has 0 spiro atoms. The van der Waals surface area contributed by atoms with Gasteiger partial charge in [0, 0.05) is 37.3 Å². The first kappa shape index (κ1) is 15.9. The monoisotopic (exact) mass is 307 g/mol. The Morgan fingerprint density at radius 1 is 1.24 bits per heavy atom. The van der Waals surface area contributed by atoms with Crippen molar-refractivity contribution in [3.8, 4) is 0 Å². The van der Waals surface area contributed by atoms with Gasteiger partial charge in [-0.2, -0.15) is 0 Å². The third kappa shape index (κ3) is 4.48. The number of carbonyl (C=O) groups is 1. The third-order valence-corrected chi connectivity index (χ3v) is 3.72. The number of likely N-dealkylation sites (N-methyl/N-ethyl adjacent to an activating group) is 1. The summed E-state index contributed by atoms with van der Waals surface area (Å²) >= 11 is 6.07. The normalized spacial score (nSPS) is 15.7. The van der Waals surface area contributed by atoms with Crippen LogP contribution in [0.2, 0.25) is 5.02 Å². The number of halogens is 1. The molecule has 0 saturated carbocycles. The number of anilines is 2. The Morgan fingerprint density at radius 2 is 1.90 bits per heavy atom. The lowest BCUT2D eigenvalue weighted by atomic mass is 10.2. The number of nitrogens with one attached hydrogen (secondary N) is 1. The molecule has 1 N–H and O–H groups in total. The van der Waals surface area contributed by atoms with Gasteiger partial charge in [0.25, 0.3) is 0 Å². The molecule has 1 amide bonds. The van der Waals surface area contributed by atoms with Crippen LogP contribution < -0.4 is 10.2 Å². The molecule has 1 heterocycles. The first-order valence-electron chi connectivity index (χ1n) is 7.14. The molecule has 1 saturated heterocycles. The maximum Gasteiger partial charge on any atom is 0.248 e. The van der Waals surface area contributed by atoms with Gasteiger partial charge in [0.05, 0.1) is 11.4 Å². The summed E-state index contributed by atoms with van der Waals surface area (Å²) in [7, 11) is 2.12. The van der Waals surface area contributed by atoms with Crippen molar-refractivity contribution in [3.05, 3.63) is 34.9 Å². The average Bonchev–Trinajstić information content (AvgIpc) is 2.39. The number of carbonyl (C=O) groups excluding carboxylic acids is 1. The number of hydrogen-bond donors (Lipinski definition) is 1. The van der Waals surface area contributed by atoms with Crippen molar-refractivity contribution in [3.63, 3.8) is 0 Å². The first-order chi connectivity index (χ1) is 9.95. The van der Waals surface area contributed by atoms with E-state index in [9.17, 15) is 4.79 Å². The smallest absolute Gasteiger partial charge is 0.248 e. The number of allylic oxidation sites excluding steroid dienone is 1. The van der Waals surface area contributed by atoms with Gasteiger partial charge in [-0.05, 0) is 39.1 Å². The minimum absolute atomic E-state index is 0.118. The number of benzene rings is 1. The van der Waals surface area contributed by atoms with E-state index in [0.29, 0.717) is 5.02 Å². The van der Waals surface area contributed by atoms with Crippen LogP contribution in [-0.4, -0.2) is 44.0 Å². The van der Waals surface area contributed by atoms with E-state index in [-0.39, 0.29) is 5.91 Å². The molecule has 5 heteroatoms. The summed E-state index contributed by atoms with van der Waals surface area (Å²) in [5, 5.41) is 3.56. The molecule has 0 unspecified atom stereocenters. The summed E-state index contributed by atoms with van der Waals surface area (Å²) in [6.07, 6.45) is 1.59. The van der Waals surface area contributed by atoms with Gasteiger partial charge in [-0.3, -0.25) is 4.79 Å². The number of amides is 1. The van der Waals surface area contributed by atoms with Crippen molar-refractivity contribution in [2.45, 2.75) is 13.8 Å². The molecule has 0 atom stereocenters. The van der Waals surface area contributed by atoms with Gasteiger partial charge < -0.3 is 15.1 Å². The summed E-state index contributed by atoms with van der Waals surface area (Å²) in [5.74, 6) is -0.118. The van der Waals surface area contributed by atoms with Crippen LogP contribution in [0.4, 0.5) is 11.4 Å². The van der Waals surface area contributed by atoms with Crippen molar-refractivity contribution >= 4 is 28.9 Å². The van der Waals surface area contributed by atoms with Crippen molar-refractivity contribution in [1.29, 1.82) is 0 Å². The lowest BCUT2D eigenvalue weighted by Crippen LogP contribution is -2.44. The molecule has 1 aliphatic rings. The van der Waals surface area contributed by atoms with Gasteiger partial charge in [0.1, 0.15) is 0 Å². The summed E-state index contributed by atoms with van der Waals surface area (Å²) in [4.78, 5) is 16.5. The highest BCUT2D eigenvalue weighted by atomic mass is 35.5. The molecule has 0 bridgehead atoms. The van der Waals surface area contributed by atoms with Gasteiger partial charge in [0.2, 0.25) is 5.91 Å². The second kappa shape index (κ2) is 6.96. The predicted octanol–water partition coefficient (Wildman–Crippen LogP) is 3.00. The fourth-order valence-electron chi connectivity index (χ4n) is 2.36. The minimum Gasteiger partial charge on any atom is -0.367 e. The Balaban J connectivity index is 2.21. The van der Waals surface area contributed by atoms with E-state index >= 15 is 0 Å². The summed E-state index contributed by atoms with van der Waals surface area (Å²) in [5.41, 5.74) is 2.77. The molecule has 4 nitrogen and oxygen atoms in total. The Kier molecular flexibility index (Phi) is 5.26. The highest BCUT2D eigenvalue weighted by Crippen LogP contribution is 2.30. The van der Waals surface area contributed by atoms with Gasteiger partial charge in [-0.1, -0.05) is 17.2 Å². The van der Waals surface area contributed by atoms with Crippen molar-refractivity contribution in [1.82, 2.24) is 4.90 Å². The zero-order chi connectivity index (χ0) is 15.4. The molecular weight excluding hydrogens is 286 g/mol.